The van der Waals surface area contributed by atoms with E-state index in [0.717, 1.165) is 11.3 Å². The van der Waals surface area contributed by atoms with Gasteiger partial charge < -0.3 is 4.57 Å². The van der Waals surface area contributed by atoms with E-state index in [1.807, 2.05) is 6.92 Å². The van der Waals surface area contributed by atoms with Gasteiger partial charge in [-0.2, -0.15) is 0 Å². The molecule has 0 aliphatic heterocycles. The first-order valence-corrected chi connectivity index (χ1v) is 9.74. The number of hydrogen-bond donors (Lipinski definition) is 2. The average molecular weight is 410 g/mol. The van der Waals surface area contributed by atoms with Crippen LogP contribution in [0.15, 0.2) is 40.2 Å². The molecule has 9 nitrogen and oxygen atoms in total. The first-order valence-electron chi connectivity index (χ1n) is 8.93. The summed E-state index contributed by atoms with van der Waals surface area (Å²) in [5.74, 6) is -0.199. The van der Waals surface area contributed by atoms with Crippen molar-refractivity contribution in [3.05, 3.63) is 61.7 Å². The van der Waals surface area contributed by atoms with Crippen LogP contribution in [0, 0.1) is 6.92 Å². The highest BCUT2D eigenvalue weighted by molar-refractivity contribution is 7.20. The number of carbonyl (C=O) groups excluding carboxylic acids is 1. The third-order valence-corrected chi connectivity index (χ3v) is 5.88. The minimum Gasteiger partial charge on any atom is -0.302 e. The molecule has 2 N–H and O–H groups in total. The molecule has 148 valence electrons. The van der Waals surface area contributed by atoms with E-state index in [2.05, 4.69) is 20.8 Å². The van der Waals surface area contributed by atoms with Crippen LogP contribution in [0.4, 0.5) is 5.95 Å². The first-order chi connectivity index (χ1) is 13.9. The Bertz CT molecular complexity index is 1380. The zero-order valence-corrected chi connectivity index (χ0v) is 16.8. The normalized spacial score (nSPS) is 11.1. The van der Waals surface area contributed by atoms with Crippen molar-refractivity contribution in [3.63, 3.8) is 0 Å². The van der Waals surface area contributed by atoms with Gasteiger partial charge in [0.15, 0.2) is 0 Å². The second-order valence-corrected chi connectivity index (χ2v) is 7.48. The molecule has 0 unspecified atom stereocenters. The Labute approximate surface area is 168 Å². The van der Waals surface area contributed by atoms with Gasteiger partial charge in [-0.05, 0) is 31.5 Å². The predicted octanol–water partition coefficient (Wildman–Crippen LogP) is 1.79. The first kappa shape index (κ1) is 18.8. The number of benzene rings is 1. The summed E-state index contributed by atoms with van der Waals surface area (Å²) in [6, 6.07) is 7.03. The summed E-state index contributed by atoms with van der Waals surface area (Å²) in [6.07, 6.45) is 1.43. The molecule has 29 heavy (non-hydrogen) atoms. The van der Waals surface area contributed by atoms with Crippen LogP contribution >= 0.6 is 11.3 Å². The molecule has 0 aliphatic rings. The Morgan fingerprint density at radius 3 is 2.72 bits per heavy atom. The van der Waals surface area contributed by atoms with Crippen molar-refractivity contribution < 1.29 is 4.79 Å². The second kappa shape index (κ2) is 7.13. The summed E-state index contributed by atoms with van der Waals surface area (Å²) >= 11 is 1.14. The predicted molar refractivity (Wildman–Crippen MR) is 112 cm³/mol. The summed E-state index contributed by atoms with van der Waals surface area (Å²) in [6.45, 7) is 3.92. The number of hydrogen-bond acceptors (Lipinski definition) is 7. The Morgan fingerprint density at radius 2 is 1.97 bits per heavy atom. The van der Waals surface area contributed by atoms with Crippen molar-refractivity contribution in [3.8, 4) is 0 Å². The van der Waals surface area contributed by atoms with Crippen molar-refractivity contribution in [2.75, 3.05) is 5.43 Å². The Morgan fingerprint density at radius 1 is 1.21 bits per heavy atom. The molecule has 0 atom stereocenters. The third kappa shape index (κ3) is 3.07. The molecular weight excluding hydrogens is 392 g/mol. The summed E-state index contributed by atoms with van der Waals surface area (Å²) in [5.41, 5.74) is 6.03. The van der Waals surface area contributed by atoms with Crippen molar-refractivity contribution >= 4 is 44.3 Å². The van der Waals surface area contributed by atoms with Crippen molar-refractivity contribution in [2.24, 2.45) is 7.05 Å². The zero-order valence-electron chi connectivity index (χ0n) is 16.0. The number of anilines is 1. The lowest BCUT2D eigenvalue weighted by atomic mass is 10.2. The number of thiophene rings is 1. The van der Waals surface area contributed by atoms with Crippen LogP contribution in [0.3, 0.4) is 0 Å². The number of nitrogens with one attached hydrogen (secondary N) is 2. The van der Waals surface area contributed by atoms with Crippen LogP contribution in [0.1, 0.15) is 22.2 Å². The van der Waals surface area contributed by atoms with Gasteiger partial charge in [-0.15, -0.1) is 11.3 Å². The van der Waals surface area contributed by atoms with E-state index in [1.54, 1.807) is 38.2 Å². The van der Waals surface area contributed by atoms with Gasteiger partial charge in [0, 0.05) is 13.6 Å². The van der Waals surface area contributed by atoms with Gasteiger partial charge in [-0.25, -0.2) is 9.97 Å². The summed E-state index contributed by atoms with van der Waals surface area (Å²) in [4.78, 5) is 47.3. The molecule has 4 aromatic rings. The van der Waals surface area contributed by atoms with E-state index in [-0.39, 0.29) is 17.1 Å². The number of aromatic nitrogens is 4. The summed E-state index contributed by atoms with van der Waals surface area (Å²) in [7, 11) is 1.61. The lowest BCUT2D eigenvalue weighted by Crippen LogP contribution is -2.34. The third-order valence-electron chi connectivity index (χ3n) is 4.68. The smallest absolute Gasteiger partial charge is 0.280 e. The van der Waals surface area contributed by atoms with Gasteiger partial charge >= 0.3 is 0 Å². The van der Waals surface area contributed by atoms with Gasteiger partial charge in [0.1, 0.15) is 4.83 Å². The molecule has 0 bridgehead atoms. The largest absolute Gasteiger partial charge is 0.302 e. The van der Waals surface area contributed by atoms with Gasteiger partial charge in [-0.3, -0.25) is 29.8 Å². The maximum Gasteiger partial charge on any atom is 0.280 e. The molecule has 3 aromatic heterocycles. The monoisotopic (exact) mass is 410 g/mol. The highest BCUT2D eigenvalue weighted by Crippen LogP contribution is 2.26. The minimum atomic E-state index is -0.433. The molecule has 0 saturated heterocycles. The Balaban J connectivity index is 1.68. The van der Waals surface area contributed by atoms with Crippen LogP contribution in [-0.4, -0.2) is 25.0 Å². The molecule has 10 heteroatoms. The number of fused-ring (bicyclic) bond motifs is 2. The van der Waals surface area contributed by atoms with Crippen LogP contribution in [0.25, 0.3) is 21.1 Å². The van der Waals surface area contributed by atoms with E-state index >= 15 is 0 Å². The highest BCUT2D eigenvalue weighted by atomic mass is 32.1. The van der Waals surface area contributed by atoms with E-state index < -0.39 is 5.91 Å². The van der Waals surface area contributed by atoms with Gasteiger partial charge in [-0.1, -0.05) is 12.1 Å². The summed E-state index contributed by atoms with van der Waals surface area (Å²) < 4.78 is 2.82. The minimum absolute atomic E-state index is 0.194. The van der Waals surface area contributed by atoms with Crippen LogP contribution in [0.2, 0.25) is 0 Å². The van der Waals surface area contributed by atoms with Crippen molar-refractivity contribution in [1.82, 2.24) is 24.5 Å². The second-order valence-electron chi connectivity index (χ2n) is 6.48. The summed E-state index contributed by atoms with van der Waals surface area (Å²) in [5, 5.41) is 0.938. The number of para-hydroxylation sites is 1. The molecule has 1 amide bonds. The van der Waals surface area contributed by atoms with Crippen molar-refractivity contribution in [2.45, 2.75) is 20.4 Å². The number of aryl methyl sites for hydroxylation is 2. The standard InChI is InChI=1S/C19H18N6O3S/c1-4-25-17(27)11-7-5-6-8-12(11)21-19(25)23-22-15(26)14-10(2)13-16(29-14)20-9-24(3)18(13)28/h5-9H,4H2,1-3H3,(H,21,23)(H,22,26). The van der Waals surface area contributed by atoms with Gasteiger partial charge in [0.25, 0.3) is 17.0 Å². The number of nitrogens with zero attached hydrogens (tertiary/aromatic N) is 4. The number of rotatable bonds is 4. The van der Waals surface area contributed by atoms with Gasteiger partial charge in [0.2, 0.25) is 5.95 Å². The Kier molecular flexibility index (Phi) is 4.63. The van der Waals surface area contributed by atoms with E-state index in [4.69, 9.17) is 0 Å². The van der Waals surface area contributed by atoms with E-state index in [9.17, 15) is 14.4 Å². The topological polar surface area (TPSA) is 111 Å². The molecule has 0 radical (unpaired) electrons. The van der Waals surface area contributed by atoms with Crippen LogP contribution in [-0.2, 0) is 13.6 Å². The lowest BCUT2D eigenvalue weighted by Gasteiger charge is -2.13. The maximum atomic E-state index is 12.7. The molecule has 3 heterocycles. The quantitative estimate of drug-likeness (QED) is 0.496. The lowest BCUT2D eigenvalue weighted by molar-refractivity contribution is 0.0965. The molecule has 0 spiro atoms. The molecular formula is C19H18N6O3S. The fraction of sp³-hybridized carbons (Fsp3) is 0.211. The number of carbonyl (C=O) groups is 1. The molecule has 0 aliphatic carbocycles. The maximum absolute atomic E-state index is 12.7. The molecule has 4 rings (SSSR count). The zero-order chi connectivity index (χ0) is 20.7. The highest BCUT2D eigenvalue weighted by Gasteiger charge is 2.19. The number of amides is 1. The molecule has 0 saturated carbocycles. The van der Waals surface area contributed by atoms with Crippen LogP contribution in [0.5, 0.6) is 0 Å². The Hall–Kier alpha value is -3.53. The van der Waals surface area contributed by atoms with Crippen LogP contribution < -0.4 is 22.0 Å². The van der Waals surface area contributed by atoms with E-state index in [0.29, 0.717) is 38.1 Å². The molecule has 0 fully saturated rings. The SMILES string of the molecule is CCn1c(NNC(=O)c2sc3ncn(C)c(=O)c3c2C)nc2ccccc2c1=O. The van der Waals surface area contributed by atoms with Crippen molar-refractivity contribution in [1.29, 1.82) is 0 Å². The van der Waals surface area contributed by atoms with E-state index in [1.165, 1.54) is 15.5 Å². The van der Waals surface area contributed by atoms with Gasteiger partial charge in [0.05, 0.1) is 27.5 Å². The number of hydrazine groups is 1. The molecule has 1 aromatic carbocycles. The fourth-order valence-electron chi connectivity index (χ4n) is 3.15. The fourth-order valence-corrected chi connectivity index (χ4v) is 4.19. The average Bonchev–Trinajstić information content (AvgIpc) is 3.06.